The number of carboxylic acid groups (broad SMARTS) is 1. The van der Waals surface area contributed by atoms with Crippen LogP contribution in [0.5, 0.6) is 5.75 Å². The molecule has 0 saturated carbocycles. The van der Waals surface area contributed by atoms with E-state index in [0.717, 1.165) is 5.56 Å². The summed E-state index contributed by atoms with van der Waals surface area (Å²) in [6.45, 7) is 3.52. The van der Waals surface area contributed by atoms with Gasteiger partial charge in [-0.3, -0.25) is 9.59 Å². The molecule has 0 spiro atoms. The van der Waals surface area contributed by atoms with Crippen molar-refractivity contribution >= 4 is 11.8 Å². The maximum atomic E-state index is 12.4. The number of hydrogen-bond acceptors (Lipinski definition) is 5. The van der Waals surface area contributed by atoms with Gasteiger partial charge in [0.15, 0.2) is 5.78 Å². The topological polar surface area (TPSA) is 95.9 Å². The highest BCUT2D eigenvalue weighted by molar-refractivity contribution is 6.02. The Bertz CT molecular complexity index is 513. The lowest BCUT2D eigenvalue weighted by Crippen LogP contribution is -2.41. The lowest BCUT2D eigenvalue weighted by Gasteiger charge is -2.17. The molecule has 0 heterocycles. The van der Waals surface area contributed by atoms with Crippen LogP contribution >= 0.6 is 0 Å². The number of hydrogen-bond donors (Lipinski definition) is 3. The van der Waals surface area contributed by atoms with E-state index in [-0.39, 0.29) is 18.7 Å². The third kappa shape index (κ3) is 5.17. The third-order valence-corrected chi connectivity index (χ3v) is 3.03. The molecule has 1 aromatic carbocycles. The van der Waals surface area contributed by atoms with Crippen LogP contribution in [0.1, 0.15) is 29.3 Å². The molecule has 2 atom stereocenters. The molecule has 0 amide bonds. The molecule has 0 bridgehead atoms. The van der Waals surface area contributed by atoms with Crippen molar-refractivity contribution in [1.29, 1.82) is 0 Å². The van der Waals surface area contributed by atoms with Gasteiger partial charge in [0.2, 0.25) is 0 Å². The van der Waals surface area contributed by atoms with E-state index in [1.807, 2.05) is 6.92 Å². The minimum absolute atomic E-state index is 0.152. The van der Waals surface area contributed by atoms with Gasteiger partial charge in [-0.1, -0.05) is 0 Å². The fourth-order valence-corrected chi connectivity index (χ4v) is 1.98. The fraction of sp³-hybridized carbons (Fsp3) is 0.467. The first-order valence-corrected chi connectivity index (χ1v) is 6.67. The molecular formula is C15H21NO5. The van der Waals surface area contributed by atoms with Crippen molar-refractivity contribution in [2.75, 3.05) is 13.7 Å². The van der Waals surface area contributed by atoms with E-state index in [1.54, 1.807) is 32.2 Å². The zero-order valence-electron chi connectivity index (χ0n) is 12.4. The number of ketones is 1. The molecule has 0 radical (unpaired) electrons. The smallest absolute Gasteiger partial charge is 0.305 e. The number of methoxy groups -OCH3 is 1. The van der Waals surface area contributed by atoms with Crippen molar-refractivity contribution in [3.8, 4) is 5.75 Å². The Morgan fingerprint density at radius 2 is 2.05 bits per heavy atom. The Balaban J connectivity index is 2.92. The van der Waals surface area contributed by atoms with Crippen LogP contribution in [0.4, 0.5) is 0 Å². The van der Waals surface area contributed by atoms with Gasteiger partial charge < -0.3 is 20.3 Å². The Labute approximate surface area is 123 Å². The molecule has 0 saturated heterocycles. The van der Waals surface area contributed by atoms with Crippen LogP contribution in [-0.4, -0.2) is 47.8 Å². The number of carbonyl (C=O) groups is 2. The van der Waals surface area contributed by atoms with Crippen LogP contribution in [0, 0.1) is 6.92 Å². The van der Waals surface area contributed by atoms with Crippen molar-refractivity contribution in [2.45, 2.75) is 32.4 Å². The number of aliphatic carboxylic acids is 1. The molecule has 0 aliphatic rings. The predicted molar refractivity (Wildman–Crippen MR) is 77.8 cm³/mol. The summed E-state index contributed by atoms with van der Waals surface area (Å²) in [5.74, 6) is -0.723. The molecular weight excluding hydrogens is 274 g/mol. The number of benzene rings is 1. The second-order valence-corrected chi connectivity index (χ2v) is 4.96. The third-order valence-electron chi connectivity index (χ3n) is 3.03. The molecule has 6 nitrogen and oxygen atoms in total. The van der Waals surface area contributed by atoms with Gasteiger partial charge in [-0.05, 0) is 37.6 Å². The van der Waals surface area contributed by atoms with Crippen molar-refractivity contribution in [2.24, 2.45) is 0 Å². The summed E-state index contributed by atoms with van der Waals surface area (Å²) in [5.41, 5.74) is 1.21. The largest absolute Gasteiger partial charge is 0.496 e. The summed E-state index contributed by atoms with van der Waals surface area (Å²) in [5, 5.41) is 21.0. The van der Waals surface area contributed by atoms with Gasteiger partial charge in [0.1, 0.15) is 5.75 Å². The van der Waals surface area contributed by atoms with Gasteiger partial charge in [-0.15, -0.1) is 0 Å². The summed E-state index contributed by atoms with van der Waals surface area (Å²) in [6.07, 6.45) is -0.997. The molecule has 116 valence electrons. The van der Waals surface area contributed by atoms with Crippen LogP contribution in [-0.2, 0) is 4.79 Å². The van der Waals surface area contributed by atoms with Crippen molar-refractivity contribution in [1.82, 2.24) is 5.32 Å². The number of nitrogens with one attached hydrogen (secondary N) is 1. The number of aryl methyl sites for hydroxylation is 1. The number of carbonyl (C=O) groups excluding carboxylic acids is 1. The zero-order chi connectivity index (χ0) is 16.0. The quantitative estimate of drug-likeness (QED) is 0.619. The van der Waals surface area contributed by atoms with Crippen molar-refractivity contribution in [3.63, 3.8) is 0 Å². The van der Waals surface area contributed by atoms with Gasteiger partial charge in [0, 0.05) is 12.1 Å². The van der Waals surface area contributed by atoms with E-state index in [4.69, 9.17) is 9.84 Å². The number of Topliss-reactive ketones (excluding diaryl/α,β-unsaturated/α-hetero) is 1. The molecule has 6 heteroatoms. The van der Waals surface area contributed by atoms with Crippen LogP contribution in [0.25, 0.3) is 0 Å². The summed E-state index contributed by atoms with van der Waals surface area (Å²) >= 11 is 0. The summed E-state index contributed by atoms with van der Waals surface area (Å²) in [6, 6.07) is 4.08. The van der Waals surface area contributed by atoms with Crippen LogP contribution in [0.3, 0.4) is 0 Å². The Kier molecular flexibility index (Phi) is 6.33. The van der Waals surface area contributed by atoms with E-state index in [2.05, 4.69) is 5.32 Å². The lowest BCUT2D eigenvalue weighted by atomic mass is 9.99. The highest BCUT2D eigenvalue weighted by Gasteiger charge is 2.23. The molecule has 3 N–H and O–H groups in total. The Morgan fingerprint density at radius 3 is 2.52 bits per heavy atom. The van der Waals surface area contributed by atoms with E-state index in [9.17, 15) is 14.7 Å². The van der Waals surface area contributed by atoms with Gasteiger partial charge in [0.05, 0.1) is 25.7 Å². The predicted octanol–water partition coefficient (Wildman–Crippen LogP) is 1.00. The van der Waals surface area contributed by atoms with Gasteiger partial charge >= 0.3 is 5.97 Å². The molecule has 0 aliphatic carbocycles. The average Bonchev–Trinajstić information content (AvgIpc) is 2.42. The molecule has 21 heavy (non-hydrogen) atoms. The molecule has 0 aromatic heterocycles. The summed E-state index contributed by atoms with van der Waals surface area (Å²) in [7, 11) is 1.54. The summed E-state index contributed by atoms with van der Waals surface area (Å²) in [4.78, 5) is 23.3. The van der Waals surface area contributed by atoms with Gasteiger partial charge in [0.25, 0.3) is 0 Å². The average molecular weight is 295 g/mol. The van der Waals surface area contributed by atoms with Crippen LogP contribution in [0.15, 0.2) is 18.2 Å². The van der Waals surface area contributed by atoms with Crippen LogP contribution in [0.2, 0.25) is 0 Å². The van der Waals surface area contributed by atoms with E-state index in [0.29, 0.717) is 11.3 Å². The number of carboxylic acids is 1. The first-order chi connectivity index (χ1) is 9.85. The minimum atomic E-state index is -1.07. The molecule has 1 rings (SSSR count). The standard InChI is InChI=1S/C15H21NO5/c1-9-6-11(4-5-13(9)21-3)15(20)12(7-14(18)19)16-8-10(2)17/h4-6,10,12,16-17H,7-8H2,1-3H3,(H,18,19). The fourth-order valence-electron chi connectivity index (χ4n) is 1.98. The van der Waals surface area contributed by atoms with E-state index >= 15 is 0 Å². The maximum absolute atomic E-state index is 12.4. The molecule has 2 unspecified atom stereocenters. The highest BCUT2D eigenvalue weighted by Crippen LogP contribution is 2.19. The monoisotopic (exact) mass is 295 g/mol. The Morgan fingerprint density at radius 1 is 1.38 bits per heavy atom. The first kappa shape index (κ1) is 17.1. The minimum Gasteiger partial charge on any atom is -0.496 e. The number of aliphatic hydroxyl groups excluding tert-OH is 1. The number of rotatable bonds is 8. The normalized spacial score (nSPS) is 13.5. The van der Waals surface area contributed by atoms with E-state index < -0.39 is 18.1 Å². The Hall–Kier alpha value is -1.92. The maximum Gasteiger partial charge on any atom is 0.305 e. The van der Waals surface area contributed by atoms with E-state index in [1.165, 1.54) is 0 Å². The van der Waals surface area contributed by atoms with Gasteiger partial charge in [-0.25, -0.2) is 0 Å². The highest BCUT2D eigenvalue weighted by atomic mass is 16.5. The first-order valence-electron chi connectivity index (χ1n) is 6.67. The summed E-state index contributed by atoms with van der Waals surface area (Å²) < 4.78 is 5.13. The molecule has 1 aromatic rings. The second-order valence-electron chi connectivity index (χ2n) is 4.96. The van der Waals surface area contributed by atoms with Gasteiger partial charge in [-0.2, -0.15) is 0 Å². The van der Waals surface area contributed by atoms with Crippen LogP contribution < -0.4 is 10.1 Å². The SMILES string of the molecule is COc1ccc(C(=O)C(CC(=O)O)NCC(C)O)cc1C. The number of aliphatic hydroxyl groups is 1. The molecule has 0 fully saturated rings. The lowest BCUT2D eigenvalue weighted by molar-refractivity contribution is -0.137. The second kappa shape index (κ2) is 7.75. The molecule has 0 aliphatic heterocycles. The number of ether oxygens (including phenoxy) is 1. The van der Waals surface area contributed by atoms with Crippen molar-refractivity contribution < 1.29 is 24.5 Å². The van der Waals surface area contributed by atoms with Crippen molar-refractivity contribution in [3.05, 3.63) is 29.3 Å². The zero-order valence-corrected chi connectivity index (χ0v) is 12.4.